The maximum atomic E-state index is 13.4. The van der Waals surface area contributed by atoms with Gasteiger partial charge in [-0.2, -0.15) is 0 Å². The average molecular weight is 431 g/mol. The third kappa shape index (κ3) is 4.01. The molecule has 3 amide bonds. The van der Waals surface area contributed by atoms with Crippen LogP contribution in [0, 0.1) is 0 Å². The minimum absolute atomic E-state index is 0.290. The molecule has 1 aliphatic heterocycles. The Hall–Kier alpha value is -3.87. The standard InChI is InChI=1S/C25H25N3O4/c1-15(24(30)27-18-9-11-19(32-3)12-10-18)28-23-13-8-17-6-4-5-7-20(17)21(23)14-22(25(28)31)26-16(2)29/h4-13,15,22H,14H2,1-3H3,(H,26,29)(H,27,30)/t15-,22?/m0/s1. The minimum atomic E-state index is -0.791. The lowest BCUT2D eigenvalue weighted by molar-refractivity contribution is -0.128. The summed E-state index contributed by atoms with van der Waals surface area (Å²) in [6, 6.07) is 17.2. The molecule has 0 saturated carbocycles. The predicted molar refractivity (Wildman–Crippen MR) is 124 cm³/mol. The molecule has 3 aromatic rings. The number of nitrogens with one attached hydrogen (secondary N) is 2. The van der Waals surface area contributed by atoms with Gasteiger partial charge in [-0.05, 0) is 53.6 Å². The average Bonchev–Trinajstić information content (AvgIpc) is 2.79. The summed E-state index contributed by atoms with van der Waals surface area (Å²) in [6.07, 6.45) is 0.373. The SMILES string of the molecule is COc1ccc(NC(=O)[C@H](C)N2C(=O)C(NC(C)=O)Cc3c2ccc2ccccc32)cc1. The van der Waals surface area contributed by atoms with Crippen molar-refractivity contribution in [1.82, 2.24) is 5.32 Å². The van der Waals surface area contributed by atoms with Gasteiger partial charge in [0.2, 0.25) is 11.8 Å². The van der Waals surface area contributed by atoms with E-state index in [0.717, 1.165) is 16.3 Å². The molecule has 0 aromatic heterocycles. The van der Waals surface area contributed by atoms with Crippen LogP contribution in [0.3, 0.4) is 0 Å². The van der Waals surface area contributed by atoms with E-state index >= 15 is 0 Å². The number of hydrogen-bond donors (Lipinski definition) is 2. The highest BCUT2D eigenvalue weighted by molar-refractivity contribution is 6.10. The number of fused-ring (bicyclic) bond motifs is 3. The van der Waals surface area contributed by atoms with Crippen LogP contribution in [0.2, 0.25) is 0 Å². The Morgan fingerprint density at radius 2 is 1.78 bits per heavy atom. The van der Waals surface area contributed by atoms with Crippen LogP contribution in [-0.2, 0) is 20.8 Å². The summed E-state index contributed by atoms with van der Waals surface area (Å²) in [5.74, 6) is -0.241. The number of rotatable bonds is 5. The van der Waals surface area contributed by atoms with Gasteiger partial charge in [0.25, 0.3) is 5.91 Å². The Morgan fingerprint density at radius 1 is 1.06 bits per heavy atom. The van der Waals surface area contributed by atoms with Crippen LogP contribution in [0.1, 0.15) is 19.4 Å². The third-order valence-corrected chi connectivity index (χ3v) is 5.72. The quantitative estimate of drug-likeness (QED) is 0.649. The van der Waals surface area contributed by atoms with E-state index in [4.69, 9.17) is 4.74 Å². The van der Waals surface area contributed by atoms with Crippen molar-refractivity contribution in [2.24, 2.45) is 0 Å². The molecule has 0 fully saturated rings. The topological polar surface area (TPSA) is 87.7 Å². The molecule has 2 atom stereocenters. The normalized spacial score (nSPS) is 16.3. The number of amides is 3. The molecule has 0 bridgehead atoms. The summed E-state index contributed by atoms with van der Waals surface area (Å²) in [6.45, 7) is 3.07. The zero-order valence-electron chi connectivity index (χ0n) is 18.2. The molecule has 0 aliphatic carbocycles. The van der Waals surface area contributed by atoms with Gasteiger partial charge in [0.15, 0.2) is 0 Å². The van der Waals surface area contributed by atoms with E-state index in [1.54, 1.807) is 38.3 Å². The fourth-order valence-corrected chi connectivity index (χ4v) is 4.14. The van der Waals surface area contributed by atoms with Crippen molar-refractivity contribution < 1.29 is 19.1 Å². The lowest BCUT2D eigenvalue weighted by atomic mass is 9.91. The van der Waals surface area contributed by atoms with Crippen molar-refractivity contribution in [3.05, 3.63) is 66.2 Å². The summed E-state index contributed by atoms with van der Waals surface area (Å²) in [4.78, 5) is 39.7. The summed E-state index contributed by atoms with van der Waals surface area (Å²) in [5, 5.41) is 7.65. The molecule has 7 heteroatoms. The maximum absolute atomic E-state index is 13.4. The number of hydrogen-bond acceptors (Lipinski definition) is 4. The van der Waals surface area contributed by atoms with Crippen molar-refractivity contribution in [1.29, 1.82) is 0 Å². The number of carbonyl (C=O) groups excluding carboxylic acids is 3. The van der Waals surface area contributed by atoms with E-state index in [1.165, 1.54) is 11.8 Å². The van der Waals surface area contributed by atoms with Gasteiger partial charge in [-0.25, -0.2) is 0 Å². The Morgan fingerprint density at radius 3 is 2.47 bits per heavy atom. The zero-order valence-corrected chi connectivity index (χ0v) is 18.2. The monoisotopic (exact) mass is 431 g/mol. The molecule has 164 valence electrons. The highest BCUT2D eigenvalue weighted by Gasteiger charge is 2.38. The summed E-state index contributed by atoms with van der Waals surface area (Å²) in [7, 11) is 1.57. The highest BCUT2D eigenvalue weighted by atomic mass is 16.5. The summed E-state index contributed by atoms with van der Waals surface area (Å²) < 4.78 is 5.15. The van der Waals surface area contributed by atoms with Gasteiger partial charge in [-0.15, -0.1) is 0 Å². The fourth-order valence-electron chi connectivity index (χ4n) is 4.14. The van der Waals surface area contributed by atoms with E-state index in [0.29, 0.717) is 23.5 Å². The molecule has 0 radical (unpaired) electrons. The molecule has 3 aromatic carbocycles. The zero-order chi connectivity index (χ0) is 22.8. The Bertz CT molecular complexity index is 1190. The molecule has 2 N–H and O–H groups in total. The molecular weight excluding hydrogens is 406 g/mol. The van der Waals surface area contributed by atoms with Crippen LogP contribution in [0.4, 0.5) is 11.4 Å². The smallest absolute Gasteiger partial charge is 0.250 e. The molecular formula is C25H25N3O4. The Balaban J connectivity index is 1.70. The first-order valence-corrected chi connectivity index (χ1v) is 10.4. The van der Waals surface area contributed by atoms with Gasteiger partial charge in [0.05, 0.1) is 7.11 Å². The van der Waals surface area contributed by atoms with Crippen molar-refractivity contribution >= 4 is 39.9 Å². The van der Waals surface area contributed by atoms with Gasteiger partial charge in [0.1, 0.15) is 17.8 Å². The predicted octanol–water partition coefficient (Wildman–Crippen LogP) is 3.27. The number of benzene rings is 3. The second-order valence-electron chi connectivity index (χ2n) is 7.84. The van der Waals surface area contributed by atoms with E-state index in [1.807, 2.05) is 36.4 Å². The molecule has 1 unspecified atom stereocenters. The van der Waals surface area contributed by atoms with Gasteiger partial charge >= 0.3 is 0 Å². The number of carbonyl (C=O) groups is 3. The van der Waals surface area contributed by atoms with Crippen LogP contribution in [0.25, 0.3) is 10.8 Å². The molecule has 4 rings (SSSR count). The van der Waals surface area contributed by atoms with Crippen LogP contribution < -0.4 is 20.3 Å². The second-order valence-corrected chi connectivity index (χ2v) is 7.84. The van der Waals surface area contributed by atoms with E-state index in [2.05, 4.69) is 10.6 Å². The van der Waals surface area contributed by atoms with E-state index in [9.17, 15) is 14.4 Å². The van der Waals surface area contributed by atoms with Crippen molar-refractivity contribution in [3.8, 4) is 5.75 Å². The van der Waals surface area contributed by atoms with Crippen molar-refractivity contribution in [3.63, 3.8) is 0 Å². The molecule has 0 spiro atoms. The third-order valence-electron chi connectivity index (χ3n) is 5.72. The van der Waals surface area contributed by atoms with Crippen LogP contribution >= 0.6 is 0 Å². The molecule has 1 heterocycles. The largest absolute Gasteiger partial charge is 0.497 e. The molecule has 7 nitrogen and oxygen atoms in total. The number of anilines is 2. The Labute approximate surface area is 186 Å². The van der Waals surface area contributed by atoms with Gasteiger partial charge in [0, 0.05) is 24.7 Å². The number of methoxy groups -OCH3 is 1. The van der Waals surface area contributed by atoms with Gasteiger partial charge in [-0.1, -0.05) is 30.3 Å². The van der Waals surface area contributed by atoms with E-state index < -0.39 is 12.1 Å². The van der Waals surface area contributed by atoms with Crippen molar-refractivity contribution in [2.45, 2.75) is 32.4 Å². The minimum Gasteiger partial charge on any atom is -0.497 e. The molecule has 32 heavy (non-hydrogen) atoms. The van der Waals surface area contributed by atoms with Crippen LogP contribution in [0.15, 0.2) is 60.7 Å². The first kappa shape index (κ1) is 21.4. The Kier molecular flexibility index (Phi) is 5.81. The molecule has 0 saturated heterocycles. The summed E-state index contributed by atoms with van der Waals surface area (Å²) >= 11 is 0. The highest BCUT2D eigenvalue weighted by Crippen LogP contribution is 2.35. The fraction of sp³-hybridized carbons (Fsp3) is 0.240. The number of ether oxygens (including phenoxy) is 1. The van der Waals surface area contributed by atoms with Crippen molar-refractivity contribution in [2.75, 3.05) is 17.3 Å². The number of nitrogens with zero attached hydrogens (tertiary/aromatic N) is 1. The van der Waals surface area contributed by atoms with Gasteiger partial charge < -0.3 is 15.4 Å². The van der Waals surface area contributed by atoms with Crippen LogP contribution in [-0.4, -0.2) is 36.9 Å². The summed E-state index contributed by atoms with van der Waals surface area (Å²) in [5.41, 5.74) is 2.22. The van der Waals surface area contributed by atoms with Crippen LogP contribution in [0.5, 0.6) is 5.75 Å². The maximum Gasteiger partial charge on any atom is 0.250 e. The first-order valence-electron chi connectivity index (χ1n) is 10.4. The lowest BCUT2D eigenvalue weighted by Crippen LogP contribution is -2.57. The second kappa shape index (κ2) is 8.70. The van der Waals surface area contributed by atoms with Gasteiger partial charge in [-0.3, -0.25) is 19.3 Å². The van der Waals surface area contributed by atoms with E-state index in [-0.39, 0.29) is 17.7 Å². The first-order chi connectivity index (χ1) is 15.4. The molecule has 1 aliphatic rings. The lowest BCUT2D eigenvalue weighted by Gasteiger charge is -2.38.